The van der Waals surface area contributed by atoms with Crippen molar-refractivity contribution in [3.05, 3.63) is 59.1 Å². The van der Waals surface area contributed by atoms with Gasteiger partial charge in [0.2, 0.25) is 0 Å². The lowest BCUT2D eigenvalue weighted by molar-refractivity contribution is 0.217. The van der Waals surface area contributed by atoms with E-state index in [0.29, 0.717) is 30.5 Å². The zero-order valence-electron chi connectivity index (χ0n) is 11.5. The predicted octanol–water partition coefficient (Wildman–Crippen LogP) is 3.11. The molecule has 0 saturated heterocycles. The van der Waals surface area contributed by atoms with Crippen molar-refractivity contribution < 1.29 is 9.47 Å². The molecule has 0 atom stereocenters. The number of rotatable bonds is 5. The SMILES string of the molecule is NCC#Cc1cccc(OCCOc2ccccc2Cl)c1. The number of hydrogen-bond acceptors (Lipinski definition) is 3. The molecule has 0 heterocycles. The van der Waals surface area contributed by atoms with Crippen LogP contribution in [0.25, 0.3) is 0 Å². The third-order valence-corrected chi connectivity index (χ3v) is 2.93. The van der Waals surface area contributed by atoms with Crippen LogP contribution in [-0.2, 0) is 0 Å². The highest BCUT2D eigenvalue weighted by Crippen LogP contribution is 2.22. The third-order valence-electron chi connectivity index (χ3n) is 2.62. The van der Waals surface area contributed by atoms with Crippen molar-refractivity contribution in [1.29, 1.82) is 0 Å². The first-order chi connectivity index (χ1) is 10.3. The largest absolute Gasteiger partial charge is 0.490 e. The normalized spacial score (nSPS) is 9.62. The van der Waals surface area contributed by atoms with Crippen LogP contribution in [0.15, 0.2) is 48.5 Å². The first-order valence-electron chi connectivity index (χ1n) is 6.59. The van der Waals surface area contributed by atoms with Crippen molar-refractivity contribution in [2.75, 3.05) is 19.8 Å². The molecule has 108 valence electrons. The number of hydrogen-bond donors (Lipinski definition) is 1. The molecule has 0 spiro atoms. The van der Waals surface area contributed by atoms with Gasteiger partial charge < -0.3 is 15.2 Å². The Balaban J connectivity index is 1.82. The van der Waals surface area contributed by atoms with Crippen LogP contribution in [0.1, 0.15) is 5.56 Å². The lowest BCUT2D eigenvalue weighted by Crippen LogP contribution is -2.09. The van der Waals surface area contributed by atoms with Crippen LogP contribution < -0.4 is 15.2 Å². The van der Waals surface area contributed by atoms with Gasteiger partial charge in [-0.15, -0.1) is 0 Å². The van der Waals surface area contributed by atoms with E-state index in [1.165, 1.54) is 0 Å². The van der Waals surface area contributed by atoms with Gasteiger partial charge >= 0.3 is 0 Å². The summed E-state index contributed by atoms with van der Waals surface area (Å²) in [5.41, 5.74) is 6.23. The predicted molar refractivity (Wildman–Crippen MR) is 84.8 cm³/mol. The van der Waals surface area contributed by atoms with Gasteiger partial charge in [0.05, 0.1) is 11.6 Å². The lowest BCUT2D eigenvalue weighted by Gasteiger charge is -2.09. The van der Waals surface area contributed by atoms with Gasteiger partial charge in [0.1, 0.15) is 24.7 Å². The molecular weight excluding hydrogens is 286 g/mol. The van der Waals surface area contributed by atoms with Gasteiger partial charge in [-0.2, -0.15) is 0 Å². The molecule has 2 N–H and O–H groups in total. The van der Waals surface area contributed by atoms with Gasteiger partial charge in [0, 0.05) is 5.56 Å². The molecule has 0 aromatic heterocycles. The topological polar surface area (TPSA) is 44.5 Å². The zero-order chi connectivity index (χ0) is 14.9. The summed E-state index contributed by atoms with van der Waals surface area (Å²) in [4.78, 5) is 0. The molecular formula is C17H16ClNO2. The highest BCUT2D eigenvalue weighted by atomic mass is 35.5. The molecule has 0 aliphatic heterocycles. The summed E-state index contributed by atoms with van der Waals surface area (Å²) in [6.07, 6.45) is 0. The fourth-order valence-electron chi connectivity index (χ4n) is 1.69. The monoisotopic (exact) mass is 301 g/mol. The van der Waals surface area contributed by atoms with Crippen molar-refractivity contribution in [2.24, 2.45) is 5.73 Å². The third kappa shape index (κ3) is 5.03. The van der Waals surface area contributed by atoms with Crippen molar-refractivity contribution in [1.82, 2.24) is 0 Å². The molecule has 0 amide bonds. The molecule has 0 saturated carbocycles. The fourth-order valence-corrected chi connectivity index (χ4v) is 1.88. The van der Waals surface area contributed by atoms with Crippen molar-refractivity contribution in [3.8, 4) is 23.3 Å². The molecule has 0 fully saturated rings. The van der Waals surface area contributed by atoms with E-state index in [4.69, 9.17) is 26.8 Å². The minimum absolute atomic E-state index is 0.344. The first-order valence-corrected chi connectivity index (χ1v) is 6.96. The Morgan fingerprint density at radius 3 is 2.62 bits per heavy atom. The molecule has 2 rings (SSSR count). The summed E-state index contributed by atoms with van der Waals surface area (Å²) in [5, 5.41) is 0.594. The van der Waals surface area contributed by atoms with Crippen LogP contribution in [-0.4, -0.2) is 19.8 Å². The second-order valence-electron chi connectivity index (χ2n) is 4.16. The van der Waals surface area contributed by atoms with E-state index in [1.54, 1.807) is 6.07 Å². The van der Waals surface area contributed by atoms with E-state index in [9.17, 15) is 0 Å². The highest BCUT2D eigenvalue weighted by Gasteiger charge is 2.00. The van der Waals surface area contributed by atoms with Crippen LogP contribution in [0, 0.1) is 11.8 Å². The number of nitrogens with two attached hydrogens (primary N) is 1. The van der Waals surface area contributed by atoms with Gasteiger partial charge in [-0.05, 0) is 30.3 Å². The molecule has 0 radical (unpaired) electrons. The van der Waals surface area contributed by atoms with E-state index in [-0.39, 0.29) is 0 Å². The summed E-state index contributed by atoms with van der Waals surface area (Å²) in [6.45, 7) is 1.19. The Morgan fingerprint density at radius 1 is 1.00 bits per heavy atom. The van der Waals surface area contributed by atoms with Crippen LogP contribution >= 0.6 is 11.6 Å². The fraction of sp³-hybridized carbons (Fsp3) is 0.176. The second kappa shape index (κ2) is 8.21. The van der Waals surface area contributed by atoms with Crippen LogP contribution in [0.3, 0.4) is 0 Å². The number of halogens is 1. The second-order valence-corrected chi connectivity index (χ2v) is 4.57. The van der Waals surface area contributed by atoms with Crippen molar-refractivity contribution >= 4 is 11.6 Å². The average Bonchev–Trinajstić information content (AvgIpc) is 2.51. The summed E-state index contributed by atoms with van der Waals surface area (Å²) < 4.78 is 11.2. The minimum atomic E-state index is 0.344. The summed E-state index contributed by atoms with van der Waals surface area (Å²) in [5.74, 6) is 7.18. The zero-order valence-corrected chi connectivity index (χ0v) is 12.3. The van der Waals surface area contributed by atoms with E-state index in [1.807, 2.05) is 42.5 Å². The van der Waals surface area contributed by atoms with Crippen LogP contribution in [0.5, 0.6) is 11.5 Å². The molecule has 2 aromatic rings. The van der Waals surface area contributed by atoms with Crippen LogP contribution in [0.2, 0.25) is 5.02 Å². The van der Waals surface area contributed by atoms with Gasteiger partial charge in [-0.3, -0.25) is 0 Å². The Labute approximate surface area is 129 Å². The summed E-state index contributed by atoms with van der Waals surface area (Å²) >= 11 is 6.00. The standard InChI is InChI=1S/C17H16ClNO2/c18-16-8-1-2-9-17(16)21-12-11-20-15-7-3-5-14(13-15)6-4-10-19/h1-3,5,7-9,13H,10-12,19H2. The molecule has 0 aliphatic carbocycles. The Bertz CT molecular complexity index is 646. The smallest absolute Gasteiger partial charge is 0.138 e. The average molecular weight is 302 g/mol. The molecule has 4 heteroatoms. The summed E-state index contributed by atoms with van der Waals surface area (Å²) in [7, 11) is 0. The maximum absolute atomic E-state index is 6.00. The summed E-state index contributed by atoms with van der Waals surface area (Å²) in [6, 6.07) is 14.9. The maximum Gasteiger partial charge on any atom is 0.138 e. The van der Waals surface area contributed by atoms with Crippen molar-refractivity contribution in [3.63, 3.8) is 0 Å². The van der Waals surface area contributed by atoms with E-state index < -0.39 is 0 Å². The van der Waals surface area contributed by atoms with Crippen LogP contribution in [0.4, 0.5) is 0 Å². The molecule has 0 unspecified atom stereocenters. The van der Waals surface area contributed by atoms with Crippen molar-refractivity contribution in [2.45, 2.75) is 0 Å². The molecule has 0 aliphatic rings. The number of benzene rings is 2. The van der Waals surface area contributed by atoms with Gasteiger partial charge in [-0.25, -0.2) is 0 Å². The quantitative estimate of drug-likeness (QED) is 0.682. The molecule has 21 heavy (non-hydrogen) atoms. The highest BCUT2D eigenvalue weighted by molar-refractivity contribution is 6.32. The number of para-hydroxylation sites is 1. The number of ether oxygens (including phenoxy) is 2. The maximum atomic E-state index is 6.00. The first kappa shape index (κ1) is 15.2. The van der Waals surface area contributed by atoms with Gasteiger partial charge in [-0.1, -0.05) is 41.6 Å². The van der Waals surface area contributed by atoms with E-state index in [2.05, 4.69) is 11.8 Å². The molecule has 0 bridgehead atoms. The van der Waals surface area contributed by atoms with E-state index >= 15 is 0 Å². The Hall–Kier alpha value is -2.15. The molecule has 3 nitrogen and oxygen atoms in total. The van der Waals surface area contributed by atoms with Gasteiger partial charge in [0.25, 0.3) is 0 Å². The lowest BCUT2D eigenvalue weighted by atomic mass is 10.2. The minimum Gasteiger partial charge on any atom is -0.490 e. The molecule has 2 aromatic carbocycles. The Morgan fingerprint density at radius 2 is 1.81 bits per heavy atom. The van der Waals surface area contributed by atoms with Gasteiger partial charge in [0.15, 0.2) is 0 Å². The Kier molecular flexibility index (Phi) is 5.96. The van der Waals surface area contributed by atoms with E-state index in [0.717, 1.165) is 11.3 Å².